The average molecular weight is 395 g/mol. The van der Waals surface area contributed by atoms with Crippen LogP contribution in [0.5, 0.6) is 5.75 Å². The van der Waals surface area contributed by atoms with Crippen molar-refractivity contribution in [1.82, 2.24) is 14.7 Å². The van der Waals surface area contributed by atoms with E-state index in [0.717, 1.165) is 11.3 Å². The van der Waals surface area contributed by atoms with E-state index in [4.69, 9.17) is 4.74 Å². The van der Waals surface area contributed by atoms with E-state index in [1.165, 1.54) is 21.7 Å². The van der Waals surface area contributed by atoms with Crippen molar-refractivity contribution >= 4 is 5.91 Å². The molecule has 1 heterocycles. The zero-order valence-electron chi connectivity index (χ0n) is 16.6. The summed E-state index contributed by atoms with van der Waals surface area (Å²) in [5.41, 5.74) is 0.775. The number of hydrogen-bond donors (Lipinski definition) is 0. The van der Waals surface area contributed by atoms with Crippen LogP contribution in [0, 0.1) is 12.7 Å². The van der Waals surface area contributed by atoms with Crippen molar-refractivity contribution in [2.45, 2.75) is 20.4 Å². The van der Waals surface area contributed by atoms with Gasteiger partial charge < -0.3 is 9.64 Å². The molecule has 0 fully saturated rings. The molecule has 0 spiro atoms. The SMILES string of the molecule is CCN(Cc1ccc(OC)cc1)C(=O)c1nn(-c2ccccc2F)c(C)cc1=O. The molecule has 0 unspecified atom stereocenters. The minimum atomic E-state index is -0.501. The first kappa shape index (κ1) is 20.3. The maximum atomic E-state index is 14.2. The number of amides is 1. The number of hydrogen-bond acceptors (Lipinski definition) is 4. The molecule has 0 aliphatic rings. The molecule has 0 aliphatic heterocycles. The second kappa shape index (κ2) is 8.68. The monoisotopic (exact) mass is 395 g/mol. The predicted octanol–water partition coefficient (Wildman–Crippen LogP) is 3.35. The summed E-state index contributed by atoms with van der Waals surface area (Å²) in [6.45, 7) is 4.17. The Morgan fingerprint density at radius 2 is 1.86 bits per heavy atom. The van der Waals surface area contributed by atoms with Crippen LogP contribution < -0.4 is 10.2 Å². The molecule has 0 saturated carbocycles. The number of methoxy groups -OCH3 is 1. The van der Waals surface area contributed by atoms with Crippen LogP contribution in [0.1, 0.15) is 28.7 Å². The van der Waals surface area contributed by atoms with Gasteiger partial charge in [0, 0.05) is 24.8 Å². The maximum Gasteiger partial charge on any atom is 0.278 e. The van der Waals surface area contributed by atoms with Crippen LogP contribution in [0.25, 0.3) is 5.69 Å². The summed E-state index contributed by atoms with van der Waals surface area (Å²) < 4.78 is 20.6. The number of ether oxygens (including phenoxy) is 1. The number of carbonyl (C=O) groups excluding carboxylic acids is 1. The second-order valence-corrected chi connectivity index (χ2v) is 6.53. The fraction of sp³-hybridized carbons (Fsp3) is 0.227. The fourth-order valence-electron chi connectivity index (χ4n) is 2.99. The fourth-order valence-corrected chi connectivity index (χ4v) is 2.99. The van der Waals surface area contributed by atoms with E-state index < -0.39 is 17.2 Å². The Labute approximate surface area is 168 Å². The molecule has 0 saturated heterocycles. The van der Waals surface area contributed by atoms with Crippen molar-refractivity contribution in [3.05, 3.63) is 87.6 Å². The van der Waals surface area contributed by atoms with Crippen molar-refractivity contribution < 1.29 is 13.9 Å². The third-order valence-electron chi connectivity index (χ3n) is 4.59. The smallest absolute Gasteiger partial charge is 0.278 e. The molecule has 0 N–H and O–H groups in total. The number of para-hydroxylation sites is 1. The van der Waals surface area contributed by atoms with Crippen LogP contribution in [0.3, 0.4) is 0 Å². The number of aromatic nitrogens is 2. The van der Waals surface area contributed by atoms with Crippen molar-refractivity contribution in [3.8, 4) is 11.4 Å². The quantitative estimate of drug-likeness (QED) is 0.642. The van der Waals surface area contributed by atoms with Gasteiger partial charge in [-0.15, -0.1) is 0 Å². The summed E-state index contributed by atoms with van der Waals surface area (Å²) in [5, 5.41) is 4.19. The zero-order valence-corrected chi connectivity index (χ0v) is 16.6. The van der Waals surface area contributed by atoms with Gasteiger partial charge in [-0.05, 0) is 43.7 Å². The lowest BCUT2D eigenvalue weighted by Gasteiger charge is -2.21. The molecule has 1 aromatic heterocycles. The summed E-state index contributed by atoms with van der Waals surface area (Å²) in [4.78, 5) is 27.0. The Kier molecular flexibility index (Phi) is 6.07. The van der Waals surface area contributed by atoms with Gasteiger partial charge in [0.2, 0.25) is 5.43 Å². The molecule has 29 heavy (non-hydrogen) atoms. The van der Waals surface area contributed by atoms with Crippen LogP contribution in [-0.2, 0) is 6.54 Å². The van der Waals surface area contributed by atoms with Gasteiger partial charge in [0.05, 0.1) is 7.11 Å². The Bertz CT molecular complexity index is 1080. The molecule has 3 rings (SSSR count). The molecule has 0 atom stereocenters. The molecule has 2 aromatic carbocycles. The van der Waals surface area contributed by atoms with E-state index in [9.17, 15) is 14.0 Å². The molecule has 0 bridgehead atoms. The topological polar surface area (TPSA) is 64.4 Å². The van der Waals surface area contributed by atoms with Gasteiger partial charge in [-0.2, -0.15) is 5.10 Å². The van der Waals surface area contributed by atoms with E-state index in [0.29, 0.717) is 18.8 Å². The minimum Gasteiger partial charge on any atom is -0.497 e. The lowest BCUT2D eigenvalue weighted by Crippen LogP contribution is -2.36. The molecule has 0 radical (unpaired) electrons. The molecule has 0 aliphatic carbocycles. The highest BCUT2D eigenvalue weighted by atomic mass is 19.1. The summed E-state index contributed by atoms with van der Waals surface area (Å²) >= 11 is 0. The zero-order chi connectivity index (χ0) is 21.0. The predicted molar refractivity (Wildman–Crippen MR) is 108 cm³/mol. The molecule has 6 nitrogen and oxygen atoms in total. The highest BCUT2D eigenvalue weighted by Gasteiger charge is 2.21. The van der Waals surface area contributed by atoms with Crippen LogP contribution in [0.2, 0.25) is 0 Å². The van der Waals surface area contributed by atoms with E-state index in [-0.39, 0.29) is 11.4 Å². The number of rotatable bonds is 6. The molecule has 7 heteroatoms. The Balaban J connectivity index is 1.95. The Morgan fingerprint density at radius 1 is 1.17 bits per heavy atom. The Hall–Kier alpha value is -3.48. The van der Waals surface area contributed by atoms with Gasteiger partial charge in [-0.25, -0.2) is 9.07 Å². The van der Waals surface area contributed by atoms with Crippen molar-refractivity contribution in [2.24, 2.45) is 0 Å². The molecular formula is C22H22FN3O3. The van der Waals surface area contributed by atoms with E-state index in [1.807, 2.05) is 31.2 Å². The third-order valence-corrected chi connectivity index (χ3v) is 4.59. The standard InChI is InChI=1S/C22H22FN3O3/c1-4-25(14-16-9-11-17(29-3)12-10-16)22(28)21-20(27)13-15(2)26(24-21)19-8-6-5-7-18(19)23/h5-13H,4,14H2,1-3H3. The summed E-state index contributed by atoms with van der Waals surface area (Å²) in [6, 6.07) is 14.7. The van der Waals surface area contributed by atoms with Crippen LogP contribution in [0.4, 0.5) is 4.39 Å². The van der Waals surface area contributed by atoms with E-state index in [1.54, 1.807) is 32.2 Å². The summed E-state index contributed by atoms with van der Waals surface area (Å²) in [5.74, 6) is -0.273. The van der Waals surface area contributed by atoms with Gasteiger partial charge in [0.25, 0.3) is 5.91 Å². The van der Waals surface area contributed by atoms with Gasteiger partial charge >= 0.3 is 0 Å². The van der Waals surface area contributed by atoms with Gasteiger partial charge in [0.15, 0.2) is 5.69 Å². The molecular weight excluding hydrogens is 373 g/mol. The number of halogens is 1. The lowest BCUT2D eigenvalue weighted by atomic mass is 10.2. The van der Waals surface area contributed by atoms with Crippen molar-refractivity contribution in [2.75, 3.05) is 13.7 Å². The minimum absolute atomic E-state index is 0.178. The van der Waals surface area contributed by atoms with Crippen molar-refractivity contribution in [3.63, 3.8) is 0 Å². The number of aryl methyl sites for hydroxylation is 1. The normalized spacial score (nSPS) is 10.6. The summed E-state index contributed by atoms with van der Waals surface area (Å²) in [7, 11) is 1.58. The summed E-state index contributed by atoms with van der Waals surface area (Å²) in [6.07, 6.45) is 0. The first-order chi connectivity index (χ1) is 13.9. The lowest BCUT2D eigenvalue weighted by molar-refractivity contribution is 0.0743. The van der Waals surface area contributed by atoms with Crippen LogP contribution >= 0.6 is 0 Å². The maximum absolute atomic E-state index is 14.2. The molecule has 3 aromatic rings. The Morgan fingerprint density at radius 3 is 2.48 bits per heavy atom. The largest absolute Gasteiger partial charge is 0.497 e. The molecule has 150 valence electrons. The third kappa shape index (κ3) is 4.34. The van der Waals surface area contributed by atoms with Gasteiger partial charge in [-0.1, -0.05) is 24.3 Å². The highest BCUT2D eigenvalue weighted by Crippen LogP contribution is 2.15. The number of carbonyl (C=O) groups is 1. The van der Waals surface area contributed by atoms with E-state index in [2.05, 4.69) is 5.10 Å². The van der Waals surface area contributed by atoms with Crippen LogP contribution in [-0.4, -0.2) is 34.2 Å². The number of benzene rings is 2. The molecule has 1 amide bonds. The van der Waals surface area contributed by atoms with Crippen LogP contribution in [0.15, 0.2) is 59.4 Å². The highest BCUT2D eigenvalue weighted by molar-refractivity contribution is 5.92. The van der Waals surface area contributed by atoms with Crippen molar-refractivity contribution in [1.29, 1.82) is 0 Å². The number of nitrogens with zero attached hydrogens (tertiary/aromatic N) is 3. The van der Waals surface area contributed by atoms with Gasteiger partial charge in [-0.3, -0.25) is 9.59 Å². The second-order valence-electron chi connectivity index (χ2n) is 6.53. The first-order valence-corrected chi connectivity index (χ1v) is 9.22. The first-order valence-electron chi connectivity index (χ1n) is 9.22. The van der Waals surface area contributed by atoms with Gasteiger partial charge in [0.1, 0.15) is 17.3 Å². The van der Waals surface area contributed by atoms with E-state index >= 15 is 0 Å². The average Bonchev–Trinajstić information content (AvgIpc) is 2.73.